The lowest BCUT2D eigenvalue weighted by Crippen LogP contribution is -2.48. The van der Waals surface area contributed by atoms with E-state index in [9.17, 15) is 24.8 Å². The lowest BCUT2D eigenvalue weighted by Gasteiger charge is -2.30. The second kappa shape index (κ2) is 10.5. The first-order valence-electron chi connectivity index (χ1n) is 9.64. The summed E-state index contributed by atoms with van der Waals surface area (Å²) in [6, 6.07) is 13.2. The zero-order chi connectivity index (χ0) is 23.0. The number of aliphatic carboxylic acids is 1. The Bertz CT molecular complexity index is 892. The van der Waals surface area contributed by atoms with E-state index in [1.807, 2.05) is 6.07 Å². The van der Waals surface area contributed by atoms with Crippen LogP contribution >= 0.6 is 0 Å². The average Bonchev–Trinajstić information content (AvgIpc) is 2.71. The van der Waals surface area contributed by atoms with Gasteiger partial charge in [0.2, 0.25) is 0 Å². The highest BCUT2D eigenvalue weighted by molar-refractivity contribution is 5.80. The number of carboxylic acids is 1. The van der Waals surface area contributed by atoms with Gasteiger partial charge in [0.05, 0.1) is 23.7 Å². The van der Waals surface area contributed by atoms with Gasteiger partial charge in [0, 0.05) is 12.1 Å². The number of hydrogen-bond donors (Lipinski definition) is 1. The molecule has 2 aromatic rings. The average molecular weight is 430 g/mol. The van der Waals surface area contributed by atoms with Crippen LogP contribution in [0, 0.1) is 10.1 Å². The number of hydrogen-bond acceptors (Lipinski definition) is 6. The molecule has 2 rings (SSSR count). The number of amides is 1. The summed E-state index contributed by atoms with van der Waals surface area (Å²) >= 11 is 0. The third kappa shape index (κ3) is 7.71. The van der Waals surface area contributed by atoms with E-state index in [4.69, 9.17) is 9.47 Å². The SMILES string of the molecule is CC(C)(C)OC[C@@H](C(=O)O)N(Cc1ccc([N+](=O)[O-])cc1)C(=O)OCc1ccccc1. The van der Waals surface area contributed by atoms with Crippen molar-refractivity contribution in [3.8, 4) is 0 Å². The topological polar surface area (TPSA) is 119 Å². The second-order valence-electron chi connectivity index (χ2n) is 7.87. The number of nitro groups is 1. The number of carboxylic acid groups (broad SMARTS) is 1. The maximum Gasteiger partial charge on any atom is 0.411 e. The molecule has 0 aliphatic carbocycles. The zero-order valence-electron chi connectivity index (χ0n) is 17.7. The fraction of sp³-hybridized carbons (Fsp3) is 0.364. The van der Waals surface area contributed by atoms with E-state index in [1.165, 1.54) is 24.3 Å². The van der Waals surface area contributed by atoms with Crippen molar-refractivity contribution < 1.29 is 29.1 Å². The van der Waals surface area contributed by atoms with E-state index in [0.29, 0.717) is 5.56 Å². The number of rotatable bonds is 9. The molecule has 166 valence electrons. The van der Waals surface area contributed by atoms with Gasteiger partial charge in [-0.25, -0.2) is 9.59 Å². The van der Waals surface area contributed by atoms with Gasteiger partial charge in [-0.3, -0.25) is 15.0 Å². The van der Waals surface area contributed by atoms with E-state index < -0.39 is 28.6 Å². The molecule has 0 bridgehead atoms. The van der Waals surface area contributed by atoms with Gasteiger partial charge in [0.1, 0.15) is 6.61 Å². The summed E-state index contributed by atoms with van der Waals surface area (Å²) < 4.78 is 11.0. The van der Waals surface area contributed by atoms with Crippen LogP contribution < -0.4 is 0 Å². The van der Waals surface area contributed by atoms with Gasteiger partial charge >= 0.3 is 12.1 Å². The lowest BCUT2D eigenvalue weighted by molar-refractivity contribution is -0.384. The largest absolute Gasteiger partial charge is 0.480 e. The summed E-state index contributed by atoms with van der Waals surface area (Å²) in [6.07, 6.45) is -0.827. The number of non-ortho nitro benzene ring substituents is 1. The Kier molecular flexibility index (Phi) is 8.09. The first kappa shape index (κ1) is 23.8. The molecule has 0 spiro atoms. The quantitative estimate of drug-likeness (QED) is 0.472. The summed E-state index contributed by atoms with van der Waals surface area (Å²) in [7, 11) is 0. The van der Waals surface area contributed by atoms with E-state index in [2.05, 4.69) is 0 Å². The zero-order valence-corrected chi connectivity index (χ0v) is 17.7. The highest BCUT2D eigenvalue weighted by Crippen LogP contribution is 2.18. The van der Waals surface area contributed by atoms with Crippen LogP contribution in [0.15, 0.2) is 54.6 Å². The van der Waals surface area contributed by atoms with Crippen molar-refractivity contribution in [3.63, 3.8) is 0 Å². The molecule has 1 N–H and O–H groups in total. The molecule has 0 saturated carbocycles. The predicted octanol–water partition coefficient (Wildman–Crippen LogP) is 4.00. The molecular formula is C22H26N2O7. The normalized spacial score (nSPS) is 12.1. The minimum absolute atomic E-state index is 0.0249. The van der Waals surface area contributed by atoms with Crippen molar-refractivity contribution in [1.82, 2.24) is 4.90 Å². The molecule has 1 atom stereocenters. The third-order valence-electron chi connectivity index (χ3n) is 4.28. The van der Waals surface area contributed by atoms with Crippen molar-refractivity contribution in [2.24, 2.45) is 0 Å². The molecule has 0 unspecified atom stereocenters. The molecule has 0 aliphatic heterocycles. The van der Waals surface area contributed by atoms with Crippen LogP contribution in [0.25, 0.3) is 0 Å². The molecule has 9 heteroatoms. The molecule has 0 fully saturated rings. The first-order valence-corrected chi connectivity index (χ1v) is 9.64. The van der Waals surface area contributed by atoms with Crippen molar-refractivity contribution in [1.29, 1.82) is 0 Å². The summed E-state index contributed by atoms with van der Waals surface area (Å²) in [4.78, 5) is 36.2. The molecular weight excluding hydrogens is 404 g/mol. The Morgan fingerprint density at radius 1 is 1.06 bits per heavy atom. The number of nitro benzene ring substituents is 1. The second-order valence-corrected chi connectivity index (χ2v) is 7.87. The molecule has 0 saturated heterocycles. The Hall–Kier alpha value is -3.46. The van der Waals surface area contributed by atoms with Crippen LogP contribution in [0.3, 0.4) is 0 Å². The molecule has 2 aromatic carbocycles. The van der Waals surface area contributed by atoms with Crippen LogP contribution in [0.5, 0.6) is 0 Å². The van der Waals surface area contributed by atoms with E-state index in [1.54, 1.807) is 45.0 Å². The van der Waals surface area contributed by atoms with E-state index >= 15 is 0 Å². The summed E-state index contributed by atoms with van der Waals surface area (Å²) in [6.45, 7) is 4.95. The molecule has 31 heavy (non-hydrogen) atoms. The summed E-state index contributed by atoms with van der Waals surface area (Å²) in [5, 5.41) is 20.6. The maximum absolute atomic E-state index is 12.8. The monoisotopic (exact) mass is 430 g/mol. The van der Waals surface area contributed by atoms with Crippen LogP contribution in [0.2, 0.25) is 0 Å². The number of carbonyl (C=O) groups excluding carboxylic acids is 1. The van der Waals surface area contributed by atoms with Gasteiger partial charge in [-0.2, -0.15) is 0 Å². The maximum atomic E-state index is 12.8. The Labute approximate surface area is 180 Å². The smallest absolute Gasteiger partial charge is 0.411 e. The fourth-order valence-corrected chi connectivity index (χ4v) is 2.65. The third-order valence-corrected chi connectivity index (χ3v) is 4.28. The number of carbonyl (C=O) groups is 2. The van der Waals surface area contributed by atoms with Crippen LogP contribution in [-0.2, 0) is 27.4 Å². The Balaban J connectivity index is 2.24. The Morgan fingerprint density at radius 2 is 1.68 bits per heavy atom. The van der Waals surface area contributed by atoms with Crippen LogP contribution in [0.4, 0.5) is 10.5 Å². The molecule has 1 amide bonds. The van der Waals surface area contributed by atoms with Crippen molar-refractivity contribution in [2.45, 2.75) is 45.6 Å². The van der Waals surface area contributed by atoms with Gasteiger partial charge in [0.15, 0.2) is 6.04 Å². The minimum Gasteiger partial charge on any atom is -0.480 e. The van der Waals surface area contributed by atoms with Gasteiger partial charge in [-0.05, 0) is 31.9 Å². The van der Waals surface area contributed by atoms with Gasteiger partial charge in [0.25, 0.3) is 5.69 Å². The van der Waals surface area contributed by atoms with E-state index in [0.717, 1.165) is 10.5 Å². The van der Waals surface area contributed by atoms with Crippen molar-refractivity contribution >= 4 is 17.7 Å². The van der Waals surface area contributed by atoms with Gasteiger partial charge in [-0.1, -0.05) is 42.5 Å². The number of nitrogens with zero attached hydrogens (tertiary/aromatic N) is 2. The summed E-state index contributed by atoms with van der Waals surface area (Å²) in [5.74, 6) is -1.25. The predicted molar refractivity (Wildman–Crippen MR) is 112 cm³/mol. The molecule has 0 aromatic heterocycles. The highest BCUT2D eigenvalue weighted by atomic mass is 16.6. The number of ether oxygens (including phenoxy) is 2. The van der Waals surface area contributed by atoms with Gasteiger partial charge < -0.3 is 14.6 Å². The lowest BCUT2D eigenvalue weighted by atomic mass is 10.1. The van der Waals surface area contributed by atoms with Crippen molar-refractivity contribution in [2.75, 3.05) is 6.61 Å². The minimum atomic E-state index is -1.31. The summed E-state index contributed by atoms with van der Waals surface area (Å²) in [5.41, 5.74) is 0.557. The standard InChI is InChI=1S/C22H26N2O7/c1-22(2,3)31-15-19(20(25)26)23(13-16-9-11-18(12-10-16)24(28)29)21(27)30-14-17-7-5-4-6-8-17/h4-12,19H,13-15H2,1-3H3,(H,25,26)/t19-/m0/s1. The van der Waals surface area contributed by atoms with E-state index in [-0.39, 0.29) is 25.4 Å². The molecule has 0 heterocycles. The molecule has 0 radical (unpaired) electrons. The van der Waals surface area contributed by atoms with Gasteiger partial charge in [-0.15, -0.1) is 0 Å². The van der Waals surface area contributed by atoms with Crippen molar-refractivity contribution in [3.05, 3.63) is 75.8 Å². The fourth-order valence-electron chi connectivity index (χ4n) is 2.65. The first-order chi connectivity index (χ1) is 14.6. The number of benzene rings is 2. The van der Waals surface area contributed by atoms with Crippen LogP contribution in [0.1, 0.15) is 31.9 Å². The molecule has 9 nitrogen and oxygen atoms in total. The Morgan fingerprint density at radius 3 is 2.19 bits per heavy atom. The molecule has 0 aliphatic rings. The highest BCUT2D eigenvalue weighted by Gasteiger charge is 2.33. The van der Waals surface area contributed by atoms with Crippen LogP contribution in [-0.4, -0.2) is 45.2 Å².